The first-order valence-electron chi connectivity index (χ1n) is 28.7. The third-order valence-corrected chi connectivity index (χ3v) is 18.8. The Hall–Kier alpha value is -6.47. The molecule has 0 spiro atoms. The number of cyclic esters (lactones) is 1. The van der Waals surface area contributed by atoms with E-state index in [1.54, 1.807) is 19.1 Å². The first-order chi connectivity index (χ1) is 38.2. The van der Waals surface area contributed by atoms with E-state index in [1.807, 2.05) is 60.9 Å². The number of thiazole rings is 1. The van der Waals surface area contributed by atoms with Crippen LogP contribution in [0.3, 0.4) is 0 Å². The zero-order valence-corrected chi connectivity index (χ0v) is 47.6. The Morgan fingerprint density at radius 2 is 1.76 bits per heavy atom. The van der Waals surface area contributed by atoms with E-state index in [1.165, 1.54) is 29.2 Å². The molecule has 2 N–H and O–H groups in total. The van der Waals surface area contributed by atoms with Crippen LogP contribution >= 0.6 is 11.3 Å². The number of amides is 4. The van der Waals surface area contributed by atoms with Crippen molar-refractivity contribution in [3.63, 3.8) is 0 Å². The number of carbonyl (C=O) groups is 4. The molecule has 18 heteroatoms. The number of benzene rings is 2. The van der Waals surface area contributed by atoms with Crippen LogP contribution in [0.2, 0.25) is 0 Å². The molecule has 6 aliphatic rings. The SMILES string of the molecule is CCn1c2c3c4cc(ccc41)-c1csc(n1)CC(NC(=O)[C@H](C(C)C)N(C)C(=O)N1CCC[C@@H]1Cc1cncc4ccccc14)C(=O)N1CCC[C@H](N1)C(=O)OCC(C)(C)C3[C@H](OC)c1ncc(N3CCN(C4CC4)CC3)cc1-2. The van der Waals surface area contributed by atoms with E-state index in [-0.39, 0.29) is 36.9 Å². The average Bonchev–Trinajstić information content (AvgIpc) is 4.09. The van der Waals surface area contributed by atoms with Gasteiger partial charge < -0.3 is 34.1 Å². The van der Waals surface area contributed by atoms with E-state index >= 15 is 0 Å². The van der Waals surface area contributed by atoms with E-state index in [0.717, 1.165) is 112 Å². The van der Waals surface area contributed by atoms with Gasteiger partial charge in [-0.05, 0) is 92.5 Å². The van der Waals surface area contributed by atoms with Crippen LogP contribution in [-0.2, 0) is 43.2 Å². The van der Waals surface area contributed by atoms with Gasteiger partial charge in [-0.15, -0.1) is 11.3 Å². The topological polar surface area (TPSA) is 171 Å². The number of rotatable bonds is 10. The molecule has 79 heavy (non-hydrogen) atoms. The monoisotopic (exact) mass is 1090 g/mol. The maximum absolute atomic E-state index is 15.0. The third kappa shape index (κ3) is 9.94. The van der Waals surface area contributed by atoms with Crippen LogP contribution in [0.4, 0.5) is 10.5 Å². The number of hydrogen-bond donors (Lipinski definition) is 2. The Labute approximate surface area is 467 Å². The Balaban J connectivity index is 0.874. The van der Waals surface area contributed by atoms with Crippen molar-refractivity contribution in [3.8, 4) is 22.5 Å². The number of anilines is 1. The number of nitrogens with one attached hydrogen (secondary N) is 2. The van der Waals surface area contributed by atoms with Crippen LogP contribution < -0.4 is 15.6 Å². The number of hydrogen-bond acceptors (Lipinski definition) is 13. The fraction of sp³-hybridized carbons (Fsp3) is 0.525. The minimum atomic E-state index is -1.07. The van der Waals surface area contributed by atoms with Gasteiger partial charge in [0, 0.05) is 135 Å². The number of hydrazine groups is 1. The number of likely N-dealkylation sites (tertiary alicyclic amines) is 1. The third-order valence-electron chi connectivity index (χ3n) is 17.9. The molecule has 4 amide bonds. The Kier molecular flexibility index (Phi) is 14.5. The highest BCUT2D eigenvalue weighted by Crippen LogP contribution is 2.57. The number of esters is 1. The molecule has 17 nitrogen and oxygen atoms in total. The second-order valence-electron chi connectivity index (χ2n) is 23.9. The predicted octanol–water partition coefficient (Wildman–Crippen LogP) is 8.35. The van der Waals surface area contributed by atoms with Crippen molar-refractivity contribution in [2.45, 2.75) is 135 Å². The van der Waals surface area contributed by atoms with Crippen molar-refractivity contribution >= 4 is 62.5 Å². The molecule has 6 bridgehead atoms. The summed E-state index contributed by atoms with van der Waals surface area (Å²) in [5.74, 6) is -1.87. The minimum absolute atomic E-state index is 0.0665. The Morgan fingerprint density at radius 3 is 2.53 bits per heavy atom. The highest BCUT2D eigenvalue weighted by atomic mass is 32.1. The molecule has 6 aromatic rings. The van der Waals surface area contributed by atoms with Gasteiger partial charge in [0.25, 0.3) is 5.91 Å². The number of nitrogens with zero attached hydrogens (tertiary/aromatic N) is 9. The fourth-order valence-corrected chi connectivity index (χ4v) is 14.6. The van der Waals surface area contributed by atoms with Crippen molar-refractivity contribution in [3.05, 3.63) is 94.3 Å². The van der Waals surface area contributed by atoms with Gasteiger partial charge in [0.15, 0.2) is 0 Å². The van der Waals surface area contributed by atoms with Gasteiger partial charge in [0.2, 0.25) is 5.91 Å². The molecule has 12 rings (SSSR count). The number of ether oxygens (including phenoxy) is 2. The second kappa shape index (κ2) is 21.5. The largest absolute Gasteiger partial charge is 0.464 e. The number of methoxy groups -OCH3 is 1. The highest BCUT2D eigenvalue weighted by Gasteiger charge is 2.48. The molecule has 4 fully saturated rings. The van der Waals surface area contributed by atoms with Gasteiger partial charge in [-0.2, -0.15) is 0 Å². The molecule has 1 saturated carbocycles. The van der Waals surface area contributed by atoms with Crippen LogP contribution in [0.5, 0.6) is 0 Å². The van der Waals surface area contributed by atoms with E-state index in [9.17, 15) is 19.2 Å². The van der Waals surface area contributed by atoms with Crippen molar-refractivity contribution in [1.82, 2.24) is 50.0 Å². The number of fused-ring (bicyclic) bond motifs is 9. The molecule has 416 valence electrons. The summed E-state index contributed by atoms with van der Waals surface area (Å²) in [5.41, 5.74) is 11.7. The summed E-state index contributed by atoms with van der Waals surface area (Å²) in [6, 6.07) is 14.7. The standard InChI is InChI=1S/C61H75N11O6S/c1-8-70-49-20-17-37-28-44(49)51-52(56(77-7)53-45(55(51)70)29-42(33-63-53)69-25-23-68(24-26-69)40-18-19-40)61(4,5)35-78-59(75)46-16-12-22-72(66-46)58(74)47(30-50-64-48(37)34-79-50)65-57(73)54(36(2)3)67(6)60(76)71-21-11-14-41(71)27-39-32-62-31-38-13-9-10-15-43(38)39/h9-10,13,15,17,20,28-29,31-34,36,40-41,46-47,52,54,56,66H,8,11-12,14,16,18-19,21-27,30,35H2,1-7H3,(H,65,73)/t41-,46+,47?,52?,54+,56+/m1/s1. The molecule has 4 aliphatic heterocycles. The number of piperazine rings is 1. The smallest absolute Gasteiger partial charge is 0.324 e. The fourth-order valence-electron chi connectivity index (χ4n) is 13.7. The lowest BCUT2D eigenvalue weighted by molar-refractivity contribution is -0.156. The lowest BCUT2D eigenvalue weighted by Crippen LogP contribution is -2.62. The normalized spacial score (nSPS) is 23.9. The quantitative estimate of drug-likeness (QED) is 0.126. The van der Waals surface area contributed by atoms with E-state index in [0.29, 0.717) is 43.9 Å². The maximum Gasteiger partial charge on any atom is 0.324 e. The van der Waals surface area contributed by atoms with Crippen LogP contribution in [-0.4, -0.2) is 153 Å². The molecule has 0 radical (unpaired) electrons. The predicted molar refractivity (Wildman–Crippen MR) is 306 cm³/mol. The first-order valence-corrected chi connectivity index (χ1v) is 29.6. The van der Waals surface area contributed by atoms with Crippen LogP contribution in [0.15, 0.2) is 72.5 Å². The molecule has 3 saturated heterocycles. The molecule has 2 aromatic carbocycles. The second-order valence-corrected chi connectivity index (χ2v) is 24.8. The zero-order chi connectivity index (χ0) is 54.9. The average molecular weight is 1090 g/mol. The number of carbonyl (C=O) groups excluding carboxylic acids is 4. The van der Waals surface area contributed by atoms with Gasteiger partial charge in [-0.25, -0.2) is 15.2 Å². The summed E-state index contributed by atoms with van der Waals surface area (Å²) in [6.07, 6.45) is 11.4. The number of likely N-dealkylation sites (N-methyl/N-ethyl adjacent to an activating group) is 1. The van der Waals surface area contributed by atoms with Gasteiger partial charge >= 0.3 is 12.0 Å². The summed E-state index contributed by atoms with van der Waals surface area (Å²) in [6.45, 7) is 16.0. The minimum Gasteiger partial charge on any atom is -0.464 e. The van der Waals surface area contributed by atoms with Crippen LogP contribution in [0.1, 0.15) is 107 Å². The Bertz CT molecular complexity index is 3300. The number of aromatic nitrogens is 4. The summed E-state index contributed by atoms with van der Waals surface area (Å²) < 4.78 is 15.4. The number of pyridine rings is 2. The van der Waals surface area contributed by atoms with E-state index in [4.69, 9.17) is 19.4 Å². The molecule has 8 heterocycles. The Morgan fingerprint density at radius 1 is 0.962 bits per heavy atom. The highest BCUT2D eigenvalue weighted by molar-refractivity contribution is 7.10. The van der Waals surface area contributed by atoms with E-state index in [2.05, 4.69) is 81.2 Å². The lowest BCUT2D eigenvalue weighted by Gasteiger charge is -2.43. The number of aryl methyl sites for hydroxylation is 1. The maximum atomic E-state index is 15.0. The molecule has 2 aliphatic carbocycles. The van der Waals surface area contributed by atoms with Crippen LogP contribution in [0.25, 0.3) is 44.2 Å². The van der Waals surface area contributed by atoms with Crippen molar-refractivity contribution in [1.29, 1.82) is 0 Å². The number of urea groups is 1. The molecular formula is C61H75N11O6S. The van der Waals surface area contributed by atoms with Crippen molar-refractivity contribution in [2.24, 2.45) is 11.3 Å². The molecule has 6 atom stereocenters. The summed E-state index contributed by atoms with van der Waals surface area (Å²) >= 11 is 1.44. The molecular weight excluding hydrogens is 1010 g/mol. The first kappa shape index (κ1) is 53.2. The summed E-state index contributed by atoms with van der Waals surface area (Å²) in [5, 5.41) is 10.5. The van der Waals surface area contributed by atoms with Gasteiger partial charge in [-0.3, -0.25) is 34.3 Å². The lowest BCUT2D eigenvalue weighted by atomic mass is 9.67. The van der Waals surface area contributed by atoms with Crippen molar-refractivity contribution in [2.75, 3.05) is 64.9 Å². The van der Waals surface area contributed by atoms with E-state index < -0.39 is 47.4 Å². The van der Waals surface area contributed by atoms with Gasteiger partial charge in [-0.1, -0.05) is 58.0 Å². The molecule has 2 unspecified atom stereocenters. The van der Waals surface area contributed by atoms with Crippen LogP contribution in [0, 0.1) is 11.3 Å². The molecule has 4 aromatic heterocycles. The van der Waals surface area contributed by atoms with Crippen molar-refractivity contribution < 1.29 is 28.7 Å². The van der Waals surface area contributed by atoms with Gasteiger partial charge in [0.05, 0.1) is 40.6 Å². The zero-order valence-electron chi connectivity index (χ0n) is 46.7. The summed E-state index contributed by atoms with van der Waals surface area (Å²) in [4.78, 5) is 82.5. The van der Waals surface area contributed by atoms with Gasteiger partial charge in [0.1, 0.15) is 24.2 Å². The summed E-state index contributed by atoms with van der Waals surface area (Å²) in [7, 11) is 3.44.